The summed E-state index contributed by atoms with van der Waals surface area (Å²) in [5.74, 6) is -1.68. The van der Waals surface area contributed by atoms with Crippen molar-refractivity contribution in [2.24, 2.45) is 5.73 Å². The molecule has 2 aromatic rings. The van der Waals surface area contributed by atoms with Gasteiger partial charge in [0.1, 0.15) is 11.9 Å². The van der Waals surface area contributed by atoms with Crippen LogP contribution >= 0.6 is 7.60 Å². The van der Waals surface area contributed by atoms with Crippen molar-refractivity contribution in [2.45, 2.75) is 18.6 Å². The molecule has 0 saturated carbocycles. The van der Waals surface area contributed by atoms with Gasteiger partial charge in [-0.25, -0.2) is 4.39 Å². The molecule has 0 heterocycles. The van der Waals surface area contributed by atoms with E-state index in [1.807, 2.05) is 0 Å². The highest BCUT2D eigenvalue weighted by molar-refractivity contribution is 7.50. The molecule has 24 heavy (non-hydrogen) atoms. The van der Waals surface area contributed by atoms with E-state index in [0.29, 0.717) is 11.1 Å². The van der Waals surface area contributed by atoms with Crippen molar-refractivity contribution >= 4 is 13.6 Å². The van der Waals surface area contributed by atoms with Gasteiger partial charge < -0.3 is 20.6 Å². The summed E-state index contributed by atoms with van der Waals surface area (Å²) in [4.78, 5) is 29.2. The molecular weight excluding hydrogens is 336 g/mol. The predicted octanol–water partition coefficient (Wildman–Crippen LogP) is 2.12. The molecule has 0 bridgehead atoms. The summed E-state index contributed by atoms with van der Waals surface area (Å²) >= 11 is 0. The van der Waals surface area contributed by atoms with Crippen LogP contribution in [0.1, 0.15) is 11.1 Å². The number of nitrogens with two attached hydrogens (primary N) is 1. The van der Waals surface area contributed by atoms with Gasteiger partial charge in [-0.3, -0.25) is 9.36 Å². The first-order valence-electron chi connectivity index (χ1n) is 7.06. The molecule has 0 aromatic heterocycles. The Morgan fingerprint density at radius 2 is 1.79 bits per heavy atom. The number of carbonyl (C=O) groups is 1. The summed E-state index contributed by atoms with van der Waals surface area (Å²) in [5, 5.41) is 8.92. The van der Waals surface area contributed by atoms with Crippen molar-refractivity contribution in [1.82, 2.24) is 0 Å². The van der Waals surface area contributed by atoms with E-state index in [9.17, 15) is 13.8 Å². The largest absolute Gasteiger partial charge is 0.480 e. The van der Waals surface area contributed by atoms with Crippen molar-refractivity contribution in [3.8, 4) is 11.1 Å². The molecule has 128 valence electrons. The van der Waals surface area contributed by atoms with E-state index in [1.54, 1.807) is 12.1 Å². The molecule has 0 amide bonds. The molecule has 1 atom stereocenters. The fourth-order valence-electron chi connectivity index (χ4n) is 2.40. The molecule has 8 heteroatoms. The first-order valence-corrected chi connectivity index (χ1v) is 8.86. The smallest absolute Gasteiger partial charge is 0.329 e. The fraction of sp³-hybridized carbons (Fsp3) is 0.188. The van der Waals surface area contributed by atoms with E-state index in [2.05, 4.69) is 0 Å². The molecule has 2 aromatic carbocycles. The average Bonchev–Trinajstić information content (AvgIpc) is 2.45. The van der Waals surface area contributed by atoms with Crippen molar-refractivity contribution in [1.29, 1.82) is 0 Å². The van der Waals surface area contributed by atoms with Gasteiger partial charge in [0.2, 0.25) is 0 Å². The molecule has 0 radical (unpaired) electrons. The highest BCUT2D eigenvalue weighted by Gasteiger charge is 2.18. The lowest BCUT2D eigenvalue weighted by atomic mass is 9.97. The Labute approximate surface area is 137 Å². The minimum absolute atomic E-state index is 0.0359. The number of carboxylic acids is 1. The van der Waals surface area contributed by atoms with Crippen LogP contribution in [0.4, 0.5) is 4.39 Å². The van der Waals surface area contributed by atoms with Crippen LogP contribution in [0.2, 0.25) is 0 Å². The van der Waals surface area contributed by atoms with Crippen molar-refractivity contribution in [3.63, 3.8) is 0 Å². The van der Waals surface area contributed by atoms with Crippen LogP contribution in [0.15, 0.2) is 42.5 Å². The molecule has 0 unspecified atom stereocenters. The highest BCUT2D eigenvalue weighted by atomic mass is 31.2. The number of hydrogen-bond donors (Lipinski definition) is 4. The second-order valence-electron chi connectivity index (χ2n) is 5.49. The molecular formula is C16H17FNO5P. The summed E-state index contributed by atoms with van der Waals surface area (Å²) in [6.45, 7) is 0. The lowest BCUT2D eigenvalue weighted by molar-refractivity contribution is -0.138. The van der Waals surface area contributed by atoms with Crippen LogP contribution in [0.25, 0.3) is 11.1 Å². The Morgan fingerprint density at radius 1 is 1.17 bits per heavy atom. The monoisotopic (exact) mass is 353 g/mol. The number of hydrogen-bond acceptors (Lipinski definition) is 3. The molecule has 0 saturated heterocycles. The number of halogens is 1. The quantitative estimate of drug-likeness (QED) is 0.590. The summed E-state index contributed by atoms with van der Waals surface area (Å²) in [6, 6.07) is 9.34. The number of rotatable bonds is 6. The maximum atomic E-state index is 14.0. The second kappa shape index (κ2) is 7.23. The van der Waals surface area contributed by atoms with Crippen LogP contribution in [0.5, 0.6) is 0 Å². The highest BCUT2D eigenvalue weighted by Crippen LogP contribution is 2.40. The normalized spacial score (nSPS) is 12.8. The molecule has 0 aliphatic carbocycles. The van der Waals surface area contributed by atoms with Crippen molar-refractivity contribution in [3.05, 3.63) is 59.4 Å². The first kappa shape index (κ1) is 18.3. The van der Waals surface area contributed by atoms with Gasteiger partial charge in [0.15, 0.2) is 0 Å². The molecule has 0 aliphatic heterocycles. The Balaban J connectivity index is 2.50. The summed E-state index contributed by atoms with van der Waals surface area (Å²) < 4.78 is 25.3. The standard InChI is InChI=1S/C16H17FNO5P/c17-14-4-2-1-3-13(14)12-6-10(8-15(18)16(19)20)5-11(7-12)9-24(21,22)23/h1-7,15H,8-9,18H2,(H,19,20)(H2,21,22,23)/t15-/m0/s1. The van der Waals surface area contributed by atoms with E-state index in [-0.39, 0.29) is 17.5 Å². The summed E-state index contributed by atoms with van der Waals surface area (Å²) in [5.41, 5.74) is 6.94. The van der Waals surface area contributed by atoms with Gasteiger partial charge >= 0.3 is 13.6 Å². The Kier molecular flexibility index (Phi) is 5.51. The predicted molar refractivity (Wildman–Crippen MR) is 86.9 cm³/mol. The Bertz CT molecular complexity index is 805. The van der Waals surface area contributed by atoms with Gasteiger partial charge in [0.25, 0.3) is 0 Å². The fourth-order valence-corrected chi connectivity index (χ4v) is 3.06. The van der Waals surface area contributed by atoms with E-state index >= 15 is 0 Å². The lowest BCUT2D eigenvalue weighted by Gasteiger charge is -2.13. The molecule has 0 aliphatic rings. The van der Waals surface area contributed by atoms with Gasteiger partial charge in [-0.2, -0.15) is 0 Å². The Hall–Kier alpha value is -2.05. The van der Waals surface area contributed by atoms with Gasteiger partial charge in [-0.15, -0.1) is 0 Å². The maximum Gasteiger partial charge on any atom is 0.329 e. The zero-order chi connectivity index (χ0) is 17.9. The summed E-state index contributed by atoms with van der Waals surface area (Å²) in [7, 11) is -4.33. The van der Waals surface area contributed by atoms with Crippen LogP contribution < -0.4 is 5.73 Å². The van der Waals surface area contributed by atoms with Gasteiger partial charge in [0, 0.05) is 5.56 Å². The molecule has 6 nitrogen and oxygen atoms in total. The average molecular weight is 353 g/mol. The molecule has 0 spiro atoms. The topological polar surface area (TPSA) is 121 Å². The van der Waals surface area contributed by atoms with Crippen molar-refractivity contribution in [2.75, 3.05) is 0 Å². The first-order chi connectivity index (χ1) is 11.2. The van der Waals surface area contributed by atoms with E-state index in [0.717, 1.165) is 0 Å². The third-order valence-corrected chi connectivity index (χ3v) is 4.18. The zero-order valence-corrected chi connectivity index (χ0v) is 13.5. The van der Waals surface area contributed by atoms with Crippen molar-refractivity contribution < 1.29 is 28.6 Å². The van der Waals surface area contributed by atoms with Gasteiger partial charge in [-0.1, -0.05) is 36.4 Å². The molecule has 2 rings (SSSR count). The summed E-state index contributed by atoms with van der Waals surface area (Å²) in [6.07, 6.45) is -0.559. The lowest BCUT2D eigenvalue weighted by Crippen LogP contribution is -2.32. The van der Waals surface area contributed by atoms with Crippen LogP contribution in [-0.2, 0) is 21.9 Å². The van der Waals surface area contributed by atoms with E-state index in [1.165, 1.54) is 30.3 Å². The van der Waals surface area contributed by atoms with E-state index < -0.39 is 31.6 Å². The van der Waals surface area contributed by atoms with Gasteiger partial charge in [0.05, 0.1) is 6.16 Å². The van der Waals surface area contributed by atoms with Crippen LogP contribution in [-0.4, -0.2) is 26.9 Å². The second-order valence-corrected chi connectivity index (χ2v) is 7.14. The maximum absolute atomic E-state index is 14.0. The Morgan fingerprint density at radius 3 is 2.38 bits per heavy atom. The third-order valence-electron chi connectivity index (χ3n) is 3.40. The number of aliphatic carboxylic acids is 1. The van der Waals surface area contributed by atoms with Crippen LogP contribution in [0.3, 0.4) is 0 Å². The molecule has 5 N–H and O–H groups in total. The third kappa shape index (κ3) is 4.97. The minimum Gasteiger partial charge on any atom is -0.480 e. The van der Waals surface area contributed by atoms with Crippen LogP contribution in [0, 0.1) is 5.82 Å². The SMILES string of the molecule is N[C@@H](Cc1cc(CP(=O)(O)O)cc(-c2ccccc2F)c1)C(=O)O. The zero-order valence-electron chi connectivity index (χ0n) is 12.6. The minimum atomic E-state index is -4.33. The number of carboxylic acid groups (broad SMARTS) is 1. The van der Waals surface area contributed by atoms with Gasteiger partial charge in [-0.05, 0) is 29.2 Å². The molecule has 0 fully saturated rings. The number of benzene rings is 2. The van der Waals surface area contributed by atoms with E-state index in [4.69, 9.17) is 20.6 Å².